The number of aryl methyl sites for hydroxylation is 1. The fraction of sp³-hybridized carbons (Fsp3) is 0.143. The monoisotopic (exact) mass is 273 g/mol. The number of alkyl halides is 1. The fourth-order valence-corrected chi connectivity index (χ4v) is 2.17. The smallest absolute Gasteiger partial charge is 0.240 e. The molecule has 1 N–H and O–H groups in total. The number of benzene rings is 1. The molecule has 1 aromatic carbocycles. The number of hydrogen-bond acceptors (Lipinski definition) is 3. The number of nitrogens with zero attached hydrogens (tertiary/aromatic N) is 2. The second-order valence-corrected chi connectivity index (χ2v) is 4.53. The van der Waals surface area contributed by atoms with E-state index in [1.165, 1.54) is 0 Å². The Hall–Kier alpha value is -2.07. The number of pyridine rings is 1. The van der Waals surface area contributed by atoms with Gasteiger partial charge < -0.3 is 4.74 Å². The lowest BCUT2D eigenvalue weighted by molar-refractivity contribution is 0.449. The lowest BCUT2D eigenvalue weighted by Crippen LogP contribution is -1.92. The highest BCUT2D eigenvalue weighted by Gasteiger charge is 2.09. The van der Waals surface area contributed by atoms with Gasteiger partial charge in [0.15, 0.2) is 0 Å². The molecule has 0 aliphatic heterocycles. The normalized spacial score (nSPS) is 10.8. The molecule has 0 saturated heterocycles. The van der Waals surface area contributed by atoms with E-state index in [-0.39, 0.29) is 0 Å². The van der Waals surface area contributed by atoms with Gasteiger partial charge in [-0.05, 0) is 23.9 Å². The molecule has 0 spiro atoms. The minimum absolute atomic E-state index is 0.426. The zero-order valence-electron chi connectivity index (χ0n) is 10.4. The van der Waals surface area contributed by atoms with Crippen LogP contribution >= 0.6 is 11.6 Å². The van der Waals surface area contributed by atoms with Gasteiger partial charge in [-0.1, -0.05) is 18.2 Å². The van der Waals surface area contributed by atoms with Gasteiger partial charge in [0, 0.05) is 29.2 Å². The van der Waals surface area contributed by atoms with Crippen LogP contribution in [0.2, 0.25) is 0 Å². The van der Waals surface area contributed by atoms with Crippen molar-refractivity contribution in [1.82, 2.24) is 15.2 Å². The molecule has 0 radical (unpaired) electrons. The van der Waals surface area contributed by atoms with Gasteiger partial charge in [-0.25, -0.2) is 4.98 Å². The second kappa shape index (κ2) is 4.90. The number of H-pyrrole nitrogens is 1. The van der Waals surface area contributed by atoms with Crippen LogP contribution in [0.1, 0.15) is 11.3 Å². The average molecular weight is 274 g/mol. The highest BCUT2D eigenvalue weighted by molar-refractivity contribution is 6.18. The number of hydrogen-bond donors (Lipinski definition) is 1. The summed E-state index contributed by atoms with van der Waals surface area (Å²) in [7, 11) is 0. The maximum atomic E-state index is 5.92. The van der Waals surface area contributed by atoms with E-state index < -0.39 is 0 Å². The van der Waals surface area contributed by atoms with Crippen LogP contribution in [0.3, 0.4) is 0 Å². The Morgan fingerprint density at radius 1 is 1.26 bits per heavy atom. The number of rotatable bonds is 3. The Bertz CT molecular complexity index is 724. The van der Waals surface area contributed by atoms with E-state index in [2.05, 4.69) is 15.2 Å². The first-order valence-electron chi connectivity index (χ1n) is 5.90. The summed E-state index contributed by atoms with van der Waals surface area (Å²) in [5.74, 6) is 1.47. The van der Waals surface area contributed by atoms with Gasteiger partial charge in [0.25, 0.3) is 0 Å². The Labute approximate surface area is 115 Å². The van der Waals surface area contributed by atoms with Crippen LogP contribution in [0.5, 0.6) is 11.8 Å². The summed E-state index contributed by atoms with van der Waals surface area (Å²) in [6, 6.07) is 9.72. The van der Waals surface area contributed by atoms with Gasteiger partial charge in [0.2, 0.25) is 11.8 Å². The third kappa shape index (κ3) is 2.27. The third-order valence-electron chi connectivity index (χ3n) is 2.87. The Morgan fingerprint density at radius 2 is 2.05 bits per heavy atom. The molecular weight excluding hydrogens is 262 g/mol. The molecule has 19 heavy (non-hydrogen) atoms. The molecule has 4 nitrogen and oxygen atoms in total. The van der Waals surface area contributed by atoms with Crippen LogP contribution in [0, 0.1) is 6.92 Å². The van der Waals surface area contributed by atoms with Crippen molar-refractivity contribution in [2.45, 2.75) is 12.8 Å². The van der Waals surface area contributed by atoms with Crippen molar-refractivity contribution in [3.8, 4) is 11.8 Å². The predicted octanol–water partition coefficient (Wildman–Crippen LogP) is 3.80. The highest BCUT2D eigenvalue weighted by Crippen LogP contribution is 2.29. The summed E-state index contributed by atoms with van der Waals surface area (Å²) < 4.78 is 5.72. The maximum Gasteiger partial charge on any atom is 0.240 e. The quantitative estimate of drug-likeness (QED) is 0.739. The molecule has 0 unspecified atom stereocenters. The molecule has 0 bridgehead atoms. The van der Waals surface area contributed by atoms with Crippen LogP contribution in [-0.2, 0) is 5.88 Å². The zero-order chi connectivity index (χ0) is 13.2. The molecule has 0 atom stereocenters. The molecule has 0 aliphatic rings. The van der Waals surface area contributed by atoms with Crippen molar-refractivity contribution in [3.05, 3.63) is 47.8 Å². The lowest BCUT2D eigenvalue weighted by atomic mass is 10.1. The van der Waals surface area contributed by atoms with Crippen LogP contribution in [-0.4, -0.2) is 15.2 Å². The highest BCUT2D eigenvalue weighted by atomic mass is 35.5. The molecular formula is C14H12ClN3O. The molecule has 0 amide bonds. The van der Waals surface area contributed by atoms with Crippen LogP contribution < -0.4 is 4.74 Å². The van der Waals surface area contributed by atoms with Crippen molar-refractivity contribution in [3.63, 3.8) is 0 Å². The number of ether oxygens (including phenoxy) is 1. The van der Waals surface area contributed by atoms with Crippen molar-refractivity contribution < 1.29 is 4.74 Å². The van der Waals surface area contributed by atoms with Crippen molar-refractivity contribution >= 4 is 22.4 Å². The summed E-state index contributed by atoms with van der Waals surface area (Å²) in [5.41, 5.74) is 1.93. The fourth-order valence-electron chi connectivity index (χ4n) is 1.96. The van der Waals surface area contributed by atoms with Gasteiger partial charge in [0.1, 0.15) is 0 Å². The van der Waals surface area contributed by atoms with E-state index in [0.717, 1.165) is 22.0 Å². The topological polar surface area (TPSA) is 50.8 Å². The molecule has 0 saturated carbocycles. The first-order chi connectivity index (χ1) is 9.28. The first kappa shape index (κ1) is 12.0. The molecule has 3 rings (SSSR count). The van der Waals surface area contributed by atoms with Crippen molar-refractivity contribution in [1.29, 1.82) is 0 Å². The van der Waals surface area contributed by atoms with Crippen molar-refractivity contribution in [2.75, 3.05) is 0 Å². The van der Waals surface area contributed by atoms with E-state index >= 15 is 0 Å². The van der Waals surface area contributed by atoms with E-state index in [0.29, 0.717) is 17.6 Å². The maximum absolute atomic E-state index is 5.92. The van der Waals surface area contributed by atoms with E-state index in [1.54, 1.807) is 6.20 Å². The summed E-state index contributed by atoms with van der Waals surface area (Å²) >= 11 is 5.92. The zero-order valence-corrected chi connectivity index (χ0v) is 11.1. The van der Waals surface area contributed by atoms with E-state index in [4.69, 9.17) is 16.3 Å². The molecule has 96 valence electrons. The first-order valence-corrected chi connectivity index (χ1v) is 6.44. The number of nitrogens with one attached hydrogen (secondary N) is 1. The number of fused-ring (bicyclic) bond motifs is 1. The number of aromatic amines is 1. The van der Waals surface area contributed by atoms with Crippen LogP contribution in [0.4, 0.5) is 0 Å². The minimum atomic E-state index is 0.426. The van der Waals surface area contributed by atoms with Gasteiger partial charge in [-0.2, -0.15) is 0 Å². The average Bonchev–Trinajstić information content (AvgIpc) is 2.85. The molecule has 5 heteroatoms. The standard InChI is InChI=1S/C14H12ClN3O/c1-9-6-13(18-17-9)19-14-12-5-3-2-4-11(12)10(7-15)8-16-14/h2-6,8H,7H2,1H3,(H,17,18). The summed E-state index contributed by atoms with van der Waals surface area (Å²) in [4.78, 5) is 4.32. The molecule has 0 aliphatic carbocycles. The lowest BCUT2D eigenvalue weighted by Gasteiger charge is -2.08. The summed E-state index contributed by atoms with van der Waals surface area (Å²) in [6.07, 6.45) is 1.74. The van der Waals surface area contributed by atoms with Gasteiger partial charge in [-0.15, -0.1) is 16.7 Å². The third-order valence-corrected chi connectivity index (χ3v) is 3.16. The molecule has 0 fully saturated rings. The van der Waals surface area contributed by atoms with Gasteiger partial charge in [0.05, 0.1) is 0 Å². The van der Waals surface area contributed by atoms with Crippen LogP contribution in [0.25, 0.3) is 10.8 Å². The van der Waals surface area contributed by atoms with Crippen LogP contribution in [0.15, 0.2) is 36.5 Å². The van der Waals surface area contributed by atoms with Gasteiger partial charge >= 0.3 is 0 Å². The van der Waals surface area contributed by atoms with E-state index in [1.807, 2.05) is 37.3 Å². The number of aromatic nitrogens is 3. The Balaban J connectivity index is 2.09. The van der Waals surface area contributed by atoms with E-state index in [9.17, 15) is 0 Å². The Morgan fingerprint density at radius 3 is 2.74 bits per heavy atom. The molecule has 3 aromatic rings. The number of halogens is 1. The minimum Gasteiger partial charge on any atom is -0.418 e. The van der Waals surface area contributed by atoms with Gasteiger partial charge in [-0.3, -0.25) is 5.10 Å². The molecule has 2 aromatic heterocycles. The molecule has 2 heterocycles. The summed E-state index contributed by atoms with van der Waals surface area (Å²) in [6.45, 7) is 1.92. The SMILES string of the molecule is Cc1cc(Oc2ncc(CCl)c3ccccc23)n[nH]1. The summed E-state index contributed by atoms with van der Waals surface area (Å²) in [5, 5.41) is 8.87. The Kier molecular flexibility index (Phi) is 3.09. The van der Waals surface area contributed by atoms with Crippen molar-refractivity contribution in [2.24, 2.45) is 0 Å². The second-order valence-electron chi connectivity index (χ2n) is 4.26. The largest absolute Gasteiger partial charge is 0.418 e. The predicted molar refractivity (Wildman–Crippen MR) is 74.7 cm³/mol.